The van der Waals surface area contributed by atoms with Crippen LogP contribution in [0.1, 0.15) is 60.9 Å². The van der Waals surface area contributed by atoms with Crippen LogP contribution in [-0.4, -0.2) is 26.3 Å². The summed E-state index contributed by atoms with van der Waals surface area (Å²) in [4.78, 5) is 13.8. The van der Waals surface area contributed by atoms with Crippen molar-refractivity contribution < 1.29 is 4.79 Å². The average Bonchev–Trinajstić information content (AvgIpc) is 3.42. The predicted molar refractivity (Wildman–Crippen MR) is 116 cm³/mol. The number of benzene rings is 1. The lowest BCUT2D eigenvalue weighted by Crippen LogP contribution is -2.07. The average molecular weight is 412 g/mol. The van der Waals surface area contributed by atoms with Crippen molar-refractivity contribution in [3.63, 3.8) is 0 Å². The van der Waals surface area contributed by atoms with Crippen molar-refractivity contribution in [2.24, 2.45) is 0 Å². The molecule has 0 saturated heterocycles. The molecule has 1 fully saturated rings. The molecule has 0 N–H and O–H groups in total. The van der Waals surface area contributed by atoms with Crippen LogP contribution in [-0.2, 0) is 6.54 Å². The molecule has 0 aliphatic heterocycles. The fraction of sp³-hybridized carbons (Fsp3) is 0.409. The Morgan fingerprint density at radius 3 is 2.61 bits per heavy atom. The number of thioether (sulfide) groups is 1. The fourth-order valence-corrected chi connectivity index (χ4v) is 5.47. The van der Waals surface area contributed by atoms with Gasteiger partial charge in [-0.2, -0.15) is 0 Å². The topological polar surface area (TPSA) is 47.8 Å². The van der Waals surface area contributed by atoms with Crippen LogP contribution in [0, 0.1) is 0 Å². The summed E-state index contributed by atoms with van der Waals surface area (Å²) in [6, 6.07) is 12.4. The van der Waals surface area contributed by atoms with E-state index in [9.17, 15) is 4.79 Å². The first-order chi connectivity index (χ1) is 13.8. The molecule has 3 aromatic rings. The molecule has 2 aromatic heterocycles. The van der Waals surface area contributed by atoms with Gasteiger partial charge in [0, 0.05) is 12.1 Å². The summed E-state index contributed by atoms with van der Waals surface area (Å²) in [5.41, 5.74) is 2.17. The van der Waals surface area contributed by atoms with Gasteiger partial charge in [-0.05, 0) is 42.7 Å². The second kappa shape index (κ2) is 9.05. The van der Waals surface area contributed by atoms with Crippen molar-refractivity contribution in [2.75, 3.05) is 5.75 Å². The van der Waals surface area contributed by atoms with E-state index >= 15 is 0 Å². The SMILES string of the molecule is CCn1c(SCC(=O)c2ccc(C3CCCCC3)cc2)nnc1-c1cccs1. The third-order valence-corrected chi connectivity index (χ3v) is 7.25. The zero-order valence-corrected chi connectivity index (χ0v) is 17.8. The highest BCUT2D eigenvalue weighted by molar-refractivity contribution is 7.99. The van der Waals surface area contributed by atoms with Crippen LogP contribution in [0.2, 0.25) is 0 Å². The van der Waals surface area contributed by atoms with Gasteiger partial charge >= 0.3 is 0 Å². The molecule has 1 aromatic carbocycles. The summed E-state index contributed by atoms with van der Waals surface area (Å²) in [5, 5.41) is 11.5. The third kappa shape index (κ3) is 4.23. The second-order valence-electron chi connectivity index (χ2n) is 7.20. The van der Waals surface area contributed by atoms with Gasteiger partial charge in [-0.25, -0.2) is 0 Å². The van der Waals surface area contributed by atoms with E-state index in [2.05, 4.69) is 33.8 Å². The standard InChI is InChI=1S/C22H25N3OS2/c1-2-25-21(20-9-6-14-27-20)23-24-22(25)28-15-19(26)18-12-10-17(11-13-18)16-7-4-3-5-8-16/h6,9-14,16H,2-5,7-8,15H2,1H3. The minimum Gasteiger partial charge on any atom is -0.302 e. The highest BCUT2D eigenvalue weighted by Gasteiger charge is 2.18. The third-order valence-electron chi connectivity index (χ3n) is 5.42. The lowest BCUT2D eigenvalue weighted by Gasteiger charge is -2.22. The molecule has 0 spiro atoms. The number of carbonyl (C=O) groups excluding carboxylic acids is 1. The Bertz CT molecular complexity index is 910. The van der Waals surface area contributed by atoms with Gasteiger partial charge in [0.05, 0.1) is 10.6 Å². The van der Waals surface area contributed by atoms with E-state index < -0.39 is 0 Å². The van der Waals surface area contributed by atoms with Crippen molar-refractivity contribution in [2.45, 2.75) is 56.6 Å². The van der Waals surface area contributed by atoms with Crippen molar-refractivity contribution in [3.05, 3.63) is 52.9 Å². The molecule has 146 valence electrons. The summed E-state index contributed by atoms with van der Waals surface area (Å²) in [6.45, 7) is 2.86. The molecule has 6 heteroatoms. The minimum atomic E-state index is 0.142. The molecule has 4 rings (SSSR count). The predicted octanol–water partition coefficient (Wildman–Crippen LogP) is 6.05. The largest absolute Gasteiger partial charge is 0.302 e. The number of hydrogen-bond acceptors (Lipinski definition) is 5. The Hall–Kier alpha value is -1.92. The van der Waals surface area contributed by atoms with Crippen LogP contribution in [0.4, 0.5) is 0 Å². The Morgan fingerprint density at radius 1 is 1.14 bits per heavy atom. The lowest BCUT2D eigenvalue weighted by atomic mass is 9.84. The van der Waals surface area contributed by atoms with Gasteiger partial charge in [-0.1, -0.05) is 61.4 Å². The Balaban J connectivity index is 1.40. The summed E-state index contributed by atoms with van der Waals surface area (Å²) in [7, 11) is 0. The van der Waals surface area contributed by atoms with E-state index in [1.165, 1.54) is 49.4 Å². The minimum absolute atomic E-state index is 0.142. The molecule has 0 unspecified atom stereocenters. The van der Waals surface area contributed by atoms with Crippen LogP contribution < -0.4 is 0 Å². The van der Waals surface area contributed by atoms with Crippen molar-refractivity contribution in [3.8, 4) is 10.7 Å². The Kier molecular flexibility index (Phi) is 6.27. The van der Waals surface area contributed by atoms with Gasteiger partial charge in [-0.3, -0.25) is 4.79 Å². The first kappa shape index (κ1) is 19.4. The normalized spacial score (nSPS) is 15.0. The van der Waals surface area contributed by atoms with Gasteiger partial charge in [0.15, 0.2) is 16.8 Å². The lowest BCUT2D eigenvalue weighted by molar-refractivity contribution is 0.102. The smallest absolute Gasteiger partial charge is 0.191 e. The summed E-state index contributed by atoms with van der Waals surface area (Å²) >= 11 is 3.12. The quantitative estimate of drug-likeness (QED) is 0.351. The zero-order valence-electron chi connectivity index (χ0n) is 16.1. The maximum atomic E-state index is 12.7. The molecule has 0 bridgehead atoms. The van der Waals surface area contributed by atoms with Crippen molar-refractivity contribution in [1.29, 1.82) is 0 Å². The van der Waals surface area contributed by atoms with E-state index in [-0.39, 0.29) is 5.78 Å². The number of rotatable bonds is 7. The maximum absolute atomic E-state index is 12.7. The fourth-order valence-electron chi connectivity index (χ4n) is 3.86. The van der Waals surface area contributed by atoms with Crippen LogP contribution in [0.3, 0.4) is 0 Å². The van der Waals surface area contributed by atoms with E-state index in [1.54, 1.807) is 11.3 Å². The number of aromatic nitrogens is 3. The monoisotopic (exact) mass is 411 g/mol. The zero-order chi connectivity index (χ0) is 19.3. The number of ketones is 1. The van der Waals surface area contributed by atoms with Crippen LogP contribution in [0.25, 0.3) is 10.7 Å². The van der Waals surface area contributed by atoms with Crippen molar-refractivity contribution in [1.82, 2.24) is 14.8 Å². The van der Waals surface area contributed by atoms with E-state index in [1.807, 2.05) is 29.6 Å². The van der Waals surface area contributed by atoms with Gasteiger partial charge in [0.2, 0.25) is 0 Å². The molecule has 1 aliphatic carbocycles. The Morgan fingerprint density at radius 2 is 1.93 bits per heavy atom. The molecule has 0 atom stereocenters. The first-order valence-corrected chi connectivity index (χ1v) is 11.9. The van der Waals surface area contributed by atoms with Gasteiger partial charge in [-0.15, -0.1) is 21.5 Å². The van der Waals surface area contributed by atoms with Crippen LogP contribution in [0.5, 0.6) is 0 Å². The number of thiophene rings is 1. The molecule has 0 radical (unpaired) electrons. The molecular weight excluding hydrogens is 386 g/mol. The molecule has 28 heavy (non-hydrogen) atoms. The van der Waals surface area contributed by atoms with E-state index in [4.69, 9.17) is 0 Å². The van der Waals surface area contributed by atoms with Gasteiger partial charge < -0.3 is 4.57 Å². The van der Waals surface area contributed by atoms with Gasteiger partial charge in [0.1, 0.15) is 0 Å². The number of hydrogen-bond donors (Lipinski definition) is 0. The Labute approximate surface area is 174 Å². The number of carbonyl (C=O) groups is 1. The van der Waals surface area contributed by atoms with Gasteiger partial charge in [0.25, 0.3) is 0 Å². The molecule has 2 heterocycles. The van der Waals surface area contributed by atoms with Crippen LogP contribution >= 0.6 is 23.1 Å². The molecule has 0 amide bonds. The number of nitrogens with zero attached hydrogens (tertiary/aromatic N) is 3. The maximum Gasteiger partial charge on any atom is 0.191 e. The van der Waals surface area contributed by atoms with Crippen molar-refractivity contribution >= 4 is 28.9 Å². The van der Waals surface area contributed by atoms with E-state index in [0.717, 1.165) is 28.0 Å². The molecule has 1 aliphatic rings. The summed E-state index contributed by atoms with van der Waals surface area (Å²) in [5.74, 6) is 2.07. The number of Topliss-reactive ketones (excluding diaryl/α,β-unsaturated/α-hetero) is 1. The molecule has 4 nitrogen and oxygen atoms in total. The summed E-state index contributed by atoms with van der Waals surface area (Å²) < 4.78 is 2.08. The van der Waals surface area contributed by atoms with E-state index in [0.29, 0.717) is 11.7 Å². The highest BCUT2D eigenvalue weighted by Crippen LogP contribution is 2.33. The molecule has 1 saturated carbocycles. The van der Waals surface area contributed by atoms with Crippen LogP contribution in [0.15, 0.2) is 46.9 Å². The molecular formula is C22H25N3OS2. The second-order valence-corrected chi connectivity index (χ2v) is 9.09. The first-order valence-electron chi connectivity index (χ1n) is 9.99. The highest BCUT2D eigenvalue weighted by atomic mass is 32.2. The summed E-state index contributed by atoms with van der Waals surface area (Å²) in [6.07, 6.45) is 6.58.